The number of unbranched alkanes of at least 4 members (excludes halogenated alkanes) is 19. The van der Waals surface area contributed by atoms with E-state index >= 15 is 0 Å². The fourth-order valence-corrected chi connectivity index (χ4v) is 6.46. The number of esters is 2. The van der Waals surface area contributed by atoms with Gasteiger partial charge in [-0.25, -0.2) is 0 Å². The molecule has 0 radical (unpaired) electrons. The van der Waals surface area contributed by atoms with E-state index in [9.17, 15) is 19.5 Å². The molecule has 0 aromatic rings. The van der Waals surface area contributed by atoms with Crippen LogP contribution in [0, 0.1) is 0 Å². The SMILES string of the molecule is CC/C=C\C/C=C\C/C=C\C/C=C\CCCCC(=O)OC(COC(=O)CCCCCCCCCCC/C=C\CCCCCCCCCC)COC(OCC[N+](C)(C)C)C(=O)[O-]. The second-order valence-corrected chi connectivity index (χ2v) is 17.4. The van der Waals surface area contributed by atoms with Crippen molar-refractivity contribution in [3.05, 3.63) is 60.8 Å². The maximum atomic E-state index is 12.7. The zero-order chi connectivity index (χ0) is 44.9. The largest absolute Gasteiger partial charge is 0.545 e. The van der Waals surface area contributed by atoms with E-state index in [-0.39, 0.29) is 38.6 Å². The highest BCUT2D eigenvalue weighted by atomic mass is 16.7. The molecule has 2 atom stereocenters. The van der Waals surface area contributed by atoms with Gasteiger partial charge in [0.15, 0.2) is 12.4 Å². The zero-order valence-corrected chi connectivity index (χ0v) is 39.8. The minimum Gasteiger partial charge on any atom is -0.545 e. The first-order valence-corrected chi connectivity index (χ1v) is 24.4. The first-order chi connectivity index (χ1) is 29.6. The Morgan fingerprint density at radius 1 is 0.508 bits per heavy atom. The normalized spacial score (nSPS) is 13.4. The fraction of sp³-hybridized carbons (Fsp3) is 0.750. The molecule has 0 N–H and O–H groups in total. The number of carboxylic acid groups (broad SMARTS) is 1. The average Bonchev–Trinajstić information content (AvgIpc) is 3.22. The fourth-order valence-electron chi connectivity index (χ4n) is 6.46. The maximum Gasteiger partial charge on any atom is 0.306 e. The lowest BCUT2D eigenvalue weighted by Gasteiger charge is -2.26. The molecule has 0 saturated heterocycles. The van der Waals surface area contributed by atoms with Gasteiger partial charge in [0.2, 0.25) is 0 Å². The molecule has 0 spiro atoms. The van der Waals surface area contributed by atoms with Gasteiger partial charge in [-0.2, -0.15) is 0 Å². The van der Waals surface area contributed by atoms with Gasteiger partial charge in [0.1, 0.15) is 13.2 Å². The zero-order valence-electron chi connectivity index (χ0n) is 39.8. The van der Waals surface area contributed by atoms with Crippen LogP contribution in [0.15, 0.2) is 60.8 Å². The molecule has 0 heterocycles. The number of carboxylic acids is 1. The third-order valence-corrected chi connectivity index (χ3v) is 10.2. The van der Waals surface area contributed by atoms with Gasteiger partial charge >= 0.3 is 11.9 Å². The van der Waals surface area contributed by atoms with E-state index < -0.39 is 24.3 Å². The Kier molecular flexibility index (Phi) is 41.5. The van der Waals surface area contributed by atoms with Gasteiger partial charge in [-0.05, 0) is 77.0 Å². The highest BCUT2D eigenvalue weighted by Gasteiger charge is 2.21. The van der Waals surface area contributed by atoms with Crippen molar-refractivity contribution >= 4 is 17.9 Å². The van der Waals surface area contributed by atoms with E-state index in [4.69, 9.17) is 18.9 Å². The van der Waals surface area contributed by atoms with Crippen molar-refractivity contribution in [2.75, 3.05) is 47.5 Å². The van der Waals surface area contributed by atoms with Crippen LogP contribution in [0.1, 0.15) is 194 Å². The van der Waals surface area contributed by atoms with E-state index in [1.165, 1.54) is 103 Å². The number of quaternary nitrogens is 1. The van der Waals surface area contributed by atoms with Crippen molar-refractivity contribution in [3.63, 3.8) is 0 Å². The first-order valence-electron chi connectivity index (χ1n) is 24.4. The Labute approximate surface area is 374 Å². The summed E-state index contributed by atoms with van der Waals surface area (Å²) in [5.41, 5.74) is 0. The Balaban J connectivity index is 4.40. The summed E-state index contributed by atoms with van der Waals surface area (Å²) in [6, 6.07) is 0. The van der Waals surface area contributed by atoms with Gasteiger partial charge in [-0.1, -0.05) is 164 Å². The van der Waals surface area contributed by atoms with Crippen molar-refractivity contribution in [2.45, 2.75) is 206 Å². The van der Waals surface area contributed by atoms with Gasteiger partial charge in [-0.15, -0.1) is 0 Å². The van der Waals surface area contributed by atoms with Crippen LogP contribution in [-0.4, -0.2) is 82.3 Å². The maximum absolute atomic E-state index is 12.7. The first kappa shape index (κ1) is 58.0. The molecule has 0 aliphatic heterocycles. The molecular weight excluding hydrogens is 767 g/mol. The van der Waals surface area contributed by atoms with Gasteiger partial charge in [0.05, 0.1) is 40.3 Å². The van der Waals surface area contributed by atoms with E-state index in [1.54, 1.807) is 0 Å². The molecular formula is C52H91NO8. The molecule has 9 heteroatoms. The molecule has 0 saturated carbocycles. The quantitative estimate of drug-likeness (QED) is 0.0196. The summed E-state index contributed by atoms with van der Waals surface area (Å²) in [4.78, 5) is 37.0. The lowest BCUT2D eigenvalue weighted by molar-refractivity contribution is -0.870. The predicted octanol–water partition coefficient (Wildman–Crippen LogP) is 12.0. The van der Waals surface area contributed by atoms with Crippen molar-refractivity contribution < 1.29 is 42.9 Å². The number of allylic oxidation sites excluding steroid dienone is 10. The molecule has 0 amide bonds. The summed E-state index contributed by atoms with van der Waals surface area (Å²) >= 11 is 0. The summed E-state index contributed by atoms with van der Waals surface area (Å²) in [6.45, 7) is 4.57. The van der Waals surface area contributed by atoms with Gasteiger partial charge in [-0.3, -0.25) is 9.59 Å². The molecule has 0 fully saturated rings. The van der Waals surface area contributed by atoms with Crippen molar-refractivity contribution in [3.8, 4) is 0 Å². The second kappa shape index (κ2) is 43.6. The van der Waals surface area contributed by atoms with Crippen LogP contribution in [0.4, 0.5) is 0 Å². The Hall–Kier alpha value is -3.01. The van der Waals surface area contributed by atoms with Crippen molar-refractivity contribution in [1.82, 2.24) is 0 Å². The number of ether oxygens (including phenoxy) is 4. The van der Waals surface area contributed by atoms with Crippen LogP contribution < -0.4 is 5.11 Å². The van der Waals surface area contributed by atoms with E-state index in [0.29, 0.717) is 17.4 Å². The molecule has 0 rings (SSSR count). The molecule has 352 valence electrons. The molecule has 0 bridgehead atoms. The summed E-state index contributed by atoms with van der Waals surface area (Å²) in [6.07, 6.45) is 49.8. The number of nitrogens with zero attached hydrogens (tertiary/aromatic N) is 1. The van der Waals surface area contributed by atoms with Crippen LogP contribution >= 0.6 is 0 Å². The summed E-state index contributed by atoms with van der Waals surface area (Å²) < 4.78 is 22.5. The van der Waals surface area contributed by atoms with Crippen molar-refractivity contribution in [1.29, 1.82) is 0 Å². The van der Waals surface area contributed by atoms with E-state index in [0.717, 1.165) is 57.8 Å². The highest BCUT2D eigenvalue weighted by molar-refractivity contribution is 5.70. The van der Waals surface area contributed by atoms with Crippen LogP contribution in [-0.2, 0) is 33.3 Å². The number of carbonyl (C=O) groups is 3. The number of hydrogen-bond donors (Lipinski definition) is 0. The van der Waals surface area contributed by atoms with Gasteiger partial charge < -0.3 is 33.3 Å². The monoisotopic (exact) mass is 858 g/mol. The standard InChI is InChI=1S/C52H91NO8/c1-6-8-10-12-14-16-18-20-22-23-24-25-26-27-29-30-32-34-36-38-40-42-49(54)59-46-48(47-60-52(51(56)57)58-45-44-53(3,4)5)61-50(55)43-41-39-37-35-33-31-28-21-19-17-15-13-11-9-7-2/h9,11,15,17,21,23-24,28,33,35,48,52H,6-8,10,12-14,16,18-20,22,25-27,29-32,34,36-47H2,1-5H3/b11-9-,17-15-,24-23-,28-21-,35-33-. The number of hydrogen-bond acceptors (Lipinski definition) is 8. The highest BCUT2D eigenvalue weighted by Crippen LogP contribution is 2.14. The minimum atomic E-state index is -1.63. The number of likely N-dealkylation sites (N-methyl/N-ethyl adjacent to an activating group) is 1. The Morgan fingerprint density at radius 3 is 1.44 bits per heavy atom. The summed E-state index contributed by atoms with van der Waals surface area (Å²) in [5, 5.41) is 11.7. The molecule has 0 aromatic heterocycles. The number of rotatable bonds is 44. The topological polar surface area (TPSA) is 111 Å². The van der Waals surface area contributed by atoms with Crippen LogP contribution in [0.2, 0.25) is 0 Å². The van der Waals surface area contributed by atoms with E-state index in [2.05, 4.69) is 74.6 Å². The molecule has 0 aliphatic rings. The van der Waals surface area contributed by atoms with Crippen molar-refractivity contribution in [2.24, 2.45) is 0 Å². The van der Waals surface area contributed by atoms with Gasteiger partial charge in [0, 0.05) is 12.8 Å². The molecule has 2 unspecified atom stereocenters. The number of aliphatic carboxylic acids is 1. The second-order valence-electron chi connectivity index (χ2n) is 17.4. The molecule has 9 nitrogen and oxygen atoms in total. The van der Waals surface area contributed by atoms with Gasteiger partial charge in [0.25, 0.3) is 0 Å². The molecule has 0 aromatic carbocycles. The predicted molar refractivity (Wildman–Crippen MR) is 251 cm³/mol. The average molecular weight is 858 g/mol. The smallest absolute Gasteiger partial charge is 0.306 e. The molecule has 61 heavy (non-hydrogen) atoms. The minimum absolute atomic E-state index is 0.137. The van der Waals surface area contributed by atoms with E-state index in [1.807, 2.05) is 21.1 Å². The lowest BCUT2D eigenvalue weighted by Crippen LogP contribution is -2.44. The Bertz CT molecular complexity index is 1180. The van der Waals surface area contributed by atoms with Crippen LogP contribution in [0.25, 0.3) is 0 Å². The van der Waals surface area contributed by atoms with Crippen LogP contribution in [0.3, 0.4) is 0 Å². The summed E-state index contributed by atoms with van der Waals surface area (Å²) in [5.74, 6) is -2.35. The number of carbonyl (C=O) groups excluding carboxylic acids is 3. The van der Waals surface area contributed by atoms with Crippen LogP contribution in [0.5, 0.6) is 0 Å². The third kappa shape index (κ3) is 44.8. The Morgan fingerprint density at radius 2 is 0.934 bits per heavy atom. The summed E-state index contributed by atoms with van der Waals surface area (Å²) in [7, 11) is 5.89. The third-order valence-electron chi connectivity index (χ3n) is 10.2. The molecule has 0 aliphatic carbocycles. The lowest BCUT2D eigenvalue weighted by atomic mass is 10.1.